The maximum atomic E-state index is 13.0. The maximum Gasteiger partial charge on any atom is 0.416 e. The zero-order valence-electron chi connectivity index (χ0n) is 20.6. The number of nitrogens with one attached hydrogen (secondary N) is 1. The van der Waals surface area contributed by atoms with Gasteiger partial charge in [-0.05, 0) is 70.0 Å². The van der Waals surface area contributed by atoms with Crippen LogP contribution in [0.2, 0.25) is 0 Å². The number of carbonyl (C=O) groups is 1. The van der Waals surface area contributed by atoms with E-state index in [-0.39, 0.29) is 30.1 Å². The lowest BCUT2D eigenvalue weighted by atomic mass is 10.1. The van der Waals surface area contributed by atoms with Crippen LogP contribution in [-0.4, -0.2) is 38.0 Å². The zero-order chi connectivity index (χ0) is 26.6. The van der Waals surface area contributed by atoms with Crippen LogP contribution in [0.15, 0.2) is 47.4 Å². The molecule has 35 heavy (non-hydrogen) atoms. The minimum atomic E-state index is -4.71. The third-order valence-electron chi connectivity index (χ3n) is 5.10. The number of hydrogen-bond donors (Lipinski definition) is 1. The number of urea groups is 1. The van der Waals surface area contributed by atoms with Crippen molar-refractivity contribution in [1.29, 1.82) is 0 Å². The van der Waals surface area contributed by atoms with E-state index in [1.165, 1.54) is 19.2 Å². The van der Waals surface area contributed by atoms with Crippen molar-refractivity contribution in [2.45, 2.75) is 70.2 Å². The summed E-state index contributed by atoms with van der Waals surface area (Å²) in [7, 11) is -3.30. The van der Waals surface area contributed by atoms with Gasteiger partial charge in [0.05, 0.1) is 12.7 Å². The number of methoxy groups -OCH3 is 1. The van der Waals surface area contributed by atoms with Gasteiger partial charge in [-0.2, -0.15) is 21.6 Å². The Morgan fingerprint density at radius 2 is 1.74 bits per heavy atom. The van der Waals surface area contributed by atoms with Gasteiger partial charge in [-0.1, -0.05) is 19.1 Å². The molecule has 0 aliphatic heterocycles. The lowest BCUT2D eigenvalue weighted by Crippen LogP contribution is -2.50. The zero-order valence-corrected chi connectivity index (χ0v) is 21.4. The number of ether oxygens (including phenoxy) is 1. The fourth-order valence-corrected chi connectivity index (χ4v) is 4.10. The summed E-state index contributed by atoms with van der Waals surface area (Å²) in [5.74, 6) is -0.138. The van der Waals surface area contributed by atoms with Crippen molar-refractivity contribution < 1.29 is 35.3 Å². The number of nitrogens with zero attached hydrogens (tertiary/aromatic N) is 1. The van der Waals surface area contributed by atoms with Gasteiger partial charge in [-0.25, -0.2) is 4.79 Å². The van der Waals surface area contributed by atoms with Gasteiger partial charge in [0.25, 0.3) is 0 Å². The Hall–Kier alpha value is -2.95. The summed E-state index contributed by atoms with van der Waals surface area (Å²) in [5.41, 5.74) is -1.03. The monoisotopic (exact) mass is 516 g/mol. The highest BCUT2D eigenvalue weighted by molar-refractivity contribution is 7.87. The summed E-state index contributed by atoms with van der Waals surface area (Å²) in [5, 5.41) is 2.91. The largest absolute Gasteiger partial charge is 0.493 e. The highest BCUT2D eigenvalue weighted by atomic mass is 32.2. The van der Waals surface area contributed by atoms with Crippen LogP contribution in [0.5, 0.6) is 11.5 Å². The number of carbonyl (C=O) groups excluding carboxylic acids is 1. The molecule has 0 saturated heterocycles. The Morgan fingerprint density at radius 3 is 2.29 bits per heavy atom. The van der Waals surface area contributed by atoms with E-state index >= 15 is 0 Å². The van der Waals surface area contributed by atoms with Gasteiger partial charge in [0.2, 0.25) is 0 Å². The molecule has 11 heteroatoms. The lowest BCUT2D eigenvalue weighted by molar-refractivity contribution is -0.137. The van der Waals surface area contributed by atoms with E-state index in [0.717, 1.165) is 18.2 Å². The molecule has 1 atom stereocenters. The van der Waals surface area contributed by atoms with E-state index in [1.807, 2.05) is 34.6 Å². The van der Waals surface area contributed by atoms with Crippen molar-refractivity contribution in [3.8, 4) is 11.5 Å². The Kier molecular flexibility index (Phi) is 8.70. The van der Waals surface area contributed by atoms with E-state index in [2.05, 4.69) is 5.32 Å². The molecule has 0 fully saturated rings. The van der Waals surface area contributed by atoms with Crippen molar-refractivity contribution >= 4 is 16.1 Å². The molecular formula is C24H31F3N2O5S. The predicted molar refractivity (Wildman–Crippen MR) is 126 cm³/mol. The summed E-state index contributed by atoms with van der Waals surface area (Å²) < 4.78 is 75.1. The van der Waals surface area contributed by atoms with Crippen LogP contribution in [0.4, 0.5) is 18.0 Å². The molecule has 0 spiro atoms. The summed E-state index contributed by atoms with van der Waals surface area (Å²) >= 11 is 0. The highest BCUT2D eigenvalue weighted by Gasteiger charge is 2.32. The van der Waals surface area contributed by atoms with Crippen LogP contribution in [0, 0.1) is 0 Å². The van der Waals surface area contributed by atoms with Crippen LogP contribution >= 0.6 is 0 Å². The number of halogens is 3. The van der Waals surface area contributed by atoms with E-state index in [4.69, 9.17) is 8.92 Å². The first-order chi connectivity index (χ1) is 16.1. The molecule has 0 bridgehead atoms. The molecule has 0 radical (unpaired) electrons. The number of benzene rings is 2. The molecular weight excluding hydrogens is 485 g/mol. The molecule has 0 aromatic heterocycles. The molecule has 2 amide bonds. The van der Waals surface area contributed by atoms with Crippen molar-refractivity contribution in [1.82, 2.24) is 10.2 Å². The normalized spacial score (nSPS) is 13.2. The fourth-order valence-electron chi connectivity index (χ4n) is 3.12. The third kappa shape index (κ3) is 7.78. The highest BCUT2D eigenvalue weighted by Crippen LogP contribution is 2.34. The Bertz CT molecular complexity index is 1140. The first kappa shape index (κ1) is 28.3. The molecule has 0 aliphatic rings. The van der Waals surface area contributed by atoms with Gasteiger partial charge in [0.1, 0.15) is 4.90 Å². The number of alkyl halides is 3. The van der Waals surface area contributed by atoms with Crippen LogP contribution in [0.25, 0.3) is 0 Å². The van der Waals surface area contributed by atoms with Gasteiger partial charge in [0.15, 0.2) is 11.5 Å². The number of amides is 2. The minimum Gasteiger partial charge on any atom is -0.493 e. The minimum absolute atomic E-state index is 0.0681. The number of rotatable bonds is 8. The summed E-state index contributed by atoms with van der Waals surface area (Å²) in [6.07, 6.45) is -4.03. The molecule has 2 aromatic rings. The van der Waals surface area contributed by atoms with Crippen LogP contribution in [0.3, 0.4) is 0 Å². The van der Waals surface area contributed by atoms with Crippen LogP contribution in [-0.2, 0) is 22.8 Å². The van der Waals surface area contributed by atoms with Crippen LogP contribution in [0.1, 0.15) is 52.2 Å². The van der Waals surface area contributed by atoms with Gasteiger partial charge < -0.3 is 19.1 Å². The van der Waals surface area contributed by atoms with Gasteiger partial charge in [-0.15, -0.1) is 0 Å². The summed E-state index contributed by atoms with van der Waals surface area (Å²) in [6, 6.07) is 7.39. The molecule has 0 saturated carbocycles. The topological polar surface area (TPSA) is 84.9 Å². The van der Waals surface area contributed by atoms with Gasteiger partial charge in [-0.3, -0.25) is 0 Å². The third-order valence-corrected chi connectivity index (χ3v) is 6.33. The second kappa shape index (κ2) is 10.8. The Labute approximate surface area is 204 Å². The first-order valence-corrected chi connectivity index (χ1v) is 12.4. The Balaban J connectivity index is 2.40. The maximum absolute atomic E-state index is 13.0. The summed E-state index contributed by atoms with van der Waals surface area (Å²) in [4.78, 5) is 13.8. The van der Waals surface area contributed by atoms with E-state index in [0.29, 0.717) is 18.1 Å². The Morgan fingerprint density at radius 1 is 1.09 bits per heavy atom. The second-order valence-corrected chi connectivity index (χ2v) is 10.7. The van der Waals surface area contributed by atoms with Crippen molar-refractivity contribution in [2.75, 3.05) is 7.11 Å². The molecule has 2 aromatic carbocycles. The van der Waals surface area contributed by atoms with Crippen molar-refractivity contribution in [2.24, 2.45) is 0 Å². The predicted octanol–water partition coefficient (Wildman–Crippen LogP) is 5.59. The van der Waals surface area contributed by atoms with Gasteiger partial charge in [0, 0.05) is 18.1 Å². The fraction of sp³-hybridized carbons (Fsp3) is 0.458. The van der Waals surface area contributed by atoms with Crippen molar-refractivity contribution in [3.05, 3.63) is 53.6 Å². The van der Waals surface area contributed by atoms with Crippen molar-refractivity contribution in [3.63, 3.8) is 0 Å². The standard InChI is InChI=1S/C24H31F3N2O5S/c1-7-16(2)29(22(30)28-23(3,4)5)15-17-11-12-20(33-6)21(13-17)34-35(31,32)19-10-8-9-18(14-19)24(25,26)27/h8-14,16H,7,15H2,1-6H3,(H,28,30). The van der Waals surface area contributed by atoms with E-state index < -0.39 is 32.3 Å². The number of hydrogen-bond acceptors (Lipinski definition) is 5. The van der Waals surface area contributed by atoms with E-state index in [9.17, 15) is 26.4 Å². The summed E-state index contributed by atoms with van der Waals surface area (Å²) in [6.45, 7) is 9.54. The molecule has 0 heterocycles. The van der Waals surface area contributed by atoms with E-state index in [1.54, 1.807) is 11.0 Å². The molecule has 1 unspecified atom stereocenters. The molecule has 194 valence electrons. The average Bonchev–Trinajstić information content (AvgIpc) is 2.75. The molecule has 1 N–H and O–H groups in total. The smallest absolute Gasteiger partial charge is 0.416 e. The molecule has 2 rings (SSSR count). The second-order valence-electron chi connectivity index (χ2n) is 9.11. The average molecular weight is 517 g/mol. The quantitative estimate of drug-likeness (QED) is 0.463. The molecule has 7 nitrogen and oxygen atoms in total. The van der Waals surface area contributed by atoms with Gasteiger partial charge >= 0.3 is 22.3 Å². The lowest BCUT2D eigenvalue weighted by Gasteiger charge is -2.32. The molecule has 0 aliphatic carbocycles. The first-order valence-electron chi connectivity index (χ1n) is 10.9. The van der Waals surface area contributed by atoms with Crippen LogP contribution < -0.4 is 14.2 Å². The SMILES string of the molecule is CCC(C)N(Cc1ccc(OC)c(OS(=O)(=O)c2cccc(C(F)(F)F)c2)c1)C(=O)NC(C)(C)C.